The Kier molecular flexibility index (Phi) is 4.85. The molecular weight excluding hydrogens is 276 g/mol. The predicted octanol–water partition coefficient (Wildman–Crippen LogP) is 3.40. The number of rotatable bonds is 5. The lowest BCUT2D eigenvalue weighted by Gasteiger charge is -2.08. The van der Waals surface area contributed by atoms with E-state index >= 15 is 0 Å². The fraction of sp³-hybridized carbons (Fsp3) is 0.133. The van der Waals surface area contributed by atoms with Gasteiger partial charge in [-0.2, -0.15) is 0 Å². The highest BCUT2D eigenvalue weighted by Gasteiger charge is 2.04. The largest absolute Gasteiger partial charge is 0.484 e. The van der Waals surface area contributed by atoms with Gasteiger partial charge in [0.15, 0.2) is 6.61 Å². The Hall–Kier alpha value is -2.20. The van der Waals surface area contributed by atoms with Crippen molar-refractivity contribution < 1.29 is 9.53 Å². The molecule has 20 heavy (non-hydrogen) atoms. The molecule has 0 aliphatic heterocycles. The number of nitrogens with one attached hydrogen (secondary N) is 2. The lowest BCUT2D eigenvalue weighted by atomic mass is 10.3. The van der Waals surface area contributed by atoms with E-state index in [9.17, 15) is 4.79 Å². The summed E-state index contributed by atoms with van der Waals surface area (Å²) in [6, 6.07) is 14.3. The van der Waals surface area contributed by atoms with E-state index < -0.39 is 0 Å². The smallest absolute Gasteiger partial charge is 0.262 e. The van der Waals surface area contributed by atoms with Crippen LogP contribution in [0.15, 0.2) is 48.5 Å². The zero-order valence-electron chi connectivity index (χ0n) is 11.0. The van der Waals surface area contributed by atoms with Crippen LogP contribution >= 0.6 is 11.6 Å². The molecule has 2 aromatic carbocycles. The fourth-order valence-electron chi connectivity index (χ4n) is 1.63. The molecule has 0 atom stereocenters. The predicted molar refractivity (Wildman–Crippen MR) is 81.6 cm³/mol. The zero-order chi connectivity index (χ0) is 14.4. The Labute approximate surface area is 122 Å². The van der Waals surface area contributed by atoms with Crippen molar-refractivity contribution in [2.75, 3.05) is 24.3 Å². The van der Waals surface area contributed by atoms with Crippen LogP contribution in [0.25, 0.3) is 0 Å². The topological polar surface area (TPSA) is 50.4 Å². The molecular formula is C15H15ClN2O2. The van der Waals surface area contributed by atoms with E-state index in [4.69, 9.17) is 16.3 Å². The molecule has 0 bridgehead atoms. The van der Waals surface area contributed by atoms with Gasteiger partial charge < -0.3 is 15.4 Å². The van der Waals surface area contributed by atoms with E-state index in [0.29, 0.717) is 16.5 Å². The first-order chi connectivity index (χ1) is 9.67. The monoisotopic (exact) mass is 290 g/mol. The number of halogens is 1. The number of hydrogen-bond acceptors (Lipinski definition) is 3. The van der Waals surface area contributed by atoms with Gasteiger partial charge in [0.1, 0.15) is 5.75 Å². The van der Waals surface area contributed by atoms with Gasteiger partial charge in [-0.25, -0.2) is 0 Å². The second-order valence-electron chi connectivity index (χ2n) is 4.12. The standard InChI is InChI=1S/C15H15ClN2O2/c1-17-12-5-7-14(8-6-12)20-10-15(19)18-13-4-2-3-11(16)9-13/h2-9,17H,10H2,1H3,(H,18,19). The molecule has 2 aromatic rings. The Morgan fingerprint density at radius 1 is 1.15 bits per heavy atom. The number of ether oxygens (including phenoxy) is 1. The molecule has 2 rings (SSSR count). The first-order valence-electron chi connectivity index (χ1n) is 6.13. The fourth-order valence-corrected chi connectivity index (χ4v) is 1.82. The molecule has 0 unspecified atom stereocenters. The van der Waals surface area contributed by atoms with E-state index in [0.717, 1.165) is 5.69 Å². The Morgan fingerprint density at radius 2 is 1.90 bits per heavy atom. The second kappa shape index (κ2) is 6.82. The van der Waals surface area contributed by atoms with Gasteiger partial charge in [0.2, 0.25) is 0 Å². The number of carbonyl (C=O) groups is 1. The van der Waals surface area contributed by atoms with Crippen molar-refractivity contribution in [3.63, 3.8) is 0 Å². The average molecular weight is 291 g/mol. The summed E-state index contributed by atoms with van der Waals surface area (Å²) in [6.07, 6.45) is 0. The molecule has 0 aliphatic carbocycles. The number of carbonyl (C=O) groups excluding carboxylic acids is 1. The average Bonchev–Trinajstić information content (AvgIpc) is 2.46. The van der Waals surface area contributed by atoms with Crippen molar-refractivity contribution in [3.05, 3.63) is 53.6 Å². The third-order valence-corrected chi connectivity index (χ3v) is 2.86. The van der Waals surface area contributed by atoms with Crippen LogP contribution in [0.5, 0.6) is 5.75 Å². The van der Waals surface area contributed by atoms with Crippen LogP contribution in [0.4, 0.5) is 11.4 Å². The number of amides is 1. The van der Waals surface area contributed by atoms with E-state index in [1.54, 1.807) is 36.4 Å². The minimum absolute atomic E-state index is 0.0502. The molecule has 0 saturated carbocycles. The quantitative estimate of drug-likeness (QED) is 0.887. The summed E-state index contributed by atoms with van der Waals surface area (Å²) in [4.78, 5) is 11.7. The van der Waals surface area contributed by atoms with Crippen LogP contribution in [0, 0.1) is 0 Å². The maximum atomic E-state index is 11.7. The third-order valence-electron chi connectivity index (χ3n) is 2.62. The van der Waals surface area contributed by atoms with Crippen molar-refractivity contribution in [3.8, 4) is 5.75 Å². The molecule has 0 radical (unpaired) electrons. The minimum Gasteiger partial charge on any atom is -0.484 e. The van der Waals surface area contributed by atoms with Gasteiger partial charge in [0.25, 0.3) is 5.91 Å². The summed E-state index contributed by atoms with van der Waals surface area (Å²) in [5.74, 6) is 0.412. The molecule has 0 aromatic heterocycles. The summed E-state index contributed by atoms with van der Waals surface area (Å²) in [5, 5.41) is 6.30. The second-order valence-corrected chi connectivity index (χ2v) is 4.56. The van der Waals surface area contributed by atoms with Gasteiger partial charge in [-0.1, -0.05) is 17.7 Å². The summed E-state index contributed by atoms with van der Waals surface area (Å²) < 4.78 is 5.40. The van der Waals surface area contributed by atoms with Gasteiger partial charge >= 0.3 is 0 Å². The van der Waals surface area contributed by atoms with Crippen LogP contribution in [-0.2, 0) is 4.79 Å². The maximum absolute atomic E-state index is 11.7. The van der Waals surface area contributed by atoms with E-state index in [2.05, 4.69) is 10.6 Å². The molecule has 0 saturated heterocycles. The first-order valence-corrected chi connectivity index (χ1v) is 6.51. The Morgan fingerprint density at radius 3 is 2.55 bits per heavy atom. The van der Waals surface area contributed by atoms with Gasteiger partial charge in [-0.15, -0.1) is 0 Å². The zero-order valence-corrected chi connectivity index (χ0v) is 11.8. The lowest BCUT2D eigenvalue weighted by molar-refractivity contribution is -0.118. The molecule has 0 spiro atoms. The Balaban J connectivity index is 1.85. The molecule has 2 N–H and O–H groups in total. The van der Waals surface area contributed by atoms with Gasteiger partial charge in [0.05, 0.1) is 0 Å². The summed E-state index contributed by atoms with van der Waals surface area (Å²) in [6.45, 7) is -0.0502. The van der Waals surface area contributed by atoms with Gasteiger partial charge in [-0.05, 0) is 42.5 Å². The van der Waals surface area contributed by atoms with Crippen LogP contribution in [-0.4, -0.2) is 19.6 Å². The molecule has 0 heterocycles. The highest BCUT2D eigenvalue weighted by molar-refractivity contribution is 6.30. The SMILES string of the molecule is CNc1ccc(OCC(=O)Nc2cccc(Cl)c2)cc1. The van der Waals surface area contributed by atoms with Crippen molar-refractivity contribution in [2.45, 2.75) is 0 Å². The van der Waals surface area contributed by atoms with Crippen molar-refractivity contribution in [2.24, 2.45) is 0 Å². The van der Waals surface area contributed by atoms with Crippen molar-refractivity contribution in [1.29, 1.82) is 0 Å². The van der Waals surface area contributed by atoms with E-state index in [1.807, 2.05) is 19.2 Å². The number of benzene rings is 2. The molecule has 1 amide bonds. The highest BCUT2D eigenvalue weighted by atomic mass is 35.5. The molecule has 104 valence electrons. The van der Waals surface area contributed by atoms with Crippen LogP contribution in [0.1, 0.15) is 0 Å². The Bertz CT molecular complexity index is 585. The summed E-state index contributed by atoms with van der Waals surface area (Å²) in [7, 11) is 1.84. The van der Waals surface area contributed by atoms with Crippen LogP contribution in [0.3, 0.4) is 0 Å². The normalized spacial score (nSPS) is 9.90. The third kappa shape index (κ3) is 4.17. The summed E-state index contributed by atoms with van der Waals surface area (Å²) >= 11 is 5.84. The minimum atomic E-state index is -0.232. The summed E-state index contributed by atoms with van der Waals surface area (Å²) in [5.41, 5.74) is 1.64. The highest BCUT2D eigenvalue weighted by Crippen LogP contribution is 2.16. The van der Waals surface area contributed by atoms with Crippen LogP contribution < -0.4 is 15.4 Å². The van der Waals surface area contributed by atoms with E-state index in [-0.39, 0.29) is 12.5 Å². The van der Waals surface area contributed by atoms with Crippen molar-refractivity contribution in [1.82, 2.24) is 0 Å². The van der Waals surface area contributed by atoms with Crippen LogP contribution in [0.2, 0.25) is 5.02 Å². The first kappa shape index (κ1) is 14.2. The molecule has 0 fully saturated rings. The molecule has 5 heteroatoms. The van der Waals surface area contributed by atoms with Crippen molar-refractivity contribution >= 4 is 28.9 Å². The van der Waals surface area contributed by atoms with Gasteiger partial charge in [-0.3, -0.25) is 4.79 Å². The molecule has 0 aliphatic rings. The van der Waals surface area contributed by atoms with Gasteiger partial charge in [0, 0.05) is 23.4 Å². The lowest BCUT2D eigenvalue weighted by Crippen LogP contribution is -2.20. The maximum Gasteiger partial charge on any atom is 0.262 e. The molecule has 4 nitrogen and oxygen atoms in total. The number of hydrogen-bond donors (Lipinski definition) is 2. The number of anilines is 2. The van der Waals surface area contributed by atoms with E-state index in [1.165, 1.54) is 0 Å².